The number of nitriles is 1. The number of halogens is 3. The van der Waals surface area contributed by atoms with E-state index in [4.69, 9.17) is 5.26 Å². The zero-order chi connectivity index (χ0) is 13.8. The van der Waals surface area contributed by atoms with Gasteiger partial charge in [-0.3, -0.25) is 4.79 Å². The molecule has 1 rings (SSSR count). The van der Waals surface area contributed by atoms with Crippen molar-refractivity contribution in [3.05, 3.63) is 35.4 Å². The van der Waals surface area contributed by atoms with Crippen molar-refractivity contribution < 1.29 is 22.7 Å². The second kappa shape index (κ2) is 5.36. The summed E-state index contributed by atoms with van der Waals surface area (Å²) in [7, 11) is 0. The summed E-state index contributed by atoms with van der Waals surface area (Å²) in [5.41, 5.74) is 0.371. The minimum absolute atomic E-state index is 0.0699. The van der Waals surface area contributed by atoms with Crippen molar-refractivity contribution in [1.29, 1.82) is 5.26 Å². The summed E-state index contributed by atoms with van der Waals surface area (Å²) >= 11 is 0. The standard InChI is InChI=1S/C12H8F3NO2/c1-8(17)10(7-16)6-9-2-4-11(5-3-9)18-12(13,14)15/h2-6H,1H3/b10-6+. The van der Waals surface area contributed by atoms with Crippen LogP contribution in [0.25, 0.3) is 6.08 Å². The van der Waals surface area contributed by atoms with E-state index >= 15 is 0 Å². The smallest absolute Gasteiger partial charge is 0.406 e. The van der Waals surface area contributed by atoms with E-state index in [1.165, 1.54) is 25.1 Å². The molecule has 0 aliphatic heterocycles. The fourth-order valence-corrected chi connectivity index (χ4v) is 1.15. The molecule has 0 spiro atoms. The lowest BCUT2D eigenvalue weighted by molar-refractivity contribution is -0.274. The highest BCUT2D eigenvalue weighted by Crippen LogP contribution is 2.23. The molecule has 0 amide bonds. The molecule has 3 nitrogen and oxygen atoms in total. The van der Waals surface area contributed by atoms with Crippen LogP contribution in [-0.4, -0.2) is 12.1 Å². The summed E-state index contributed by atoms with van der Waals surface area (Å²) in [6.07, 6.45) is -3.45. The van der Waals surface area contributed by atoms with Crippen LogP contribution in [0.1, 0.15) is 12.5 Å². The van der Waals surface area contributed by atoms with Gasteiger partial charge in [0.15, 0.2) is 5.78 Å². The number of rotatable bonds is 3. The van der Waals surface area contributed by atoms with Gasteiger partial charge in [0.1, 0.15) is 11.8 Å². The maximum atomic E-state index is 11.9. The minimum atomic E-state index is -4.74. The molecule has 0 radical (unpaired) electrons. The van der Waals surface area contributed by atoms with Gasteiger partial charge in [0.25, 0.3) is 0 Å². The summed E-state index contributed by atoms with van der Waals surface area (Å²) in [5.74, 6) is -0.769. The number of carbonyl (C=O) groups excluding carboxylic acids is 1. The van der Waals surface area contributed by atoms with Gasteiger partial charge in [0, 0.05) is 0 Å². The average Bonchev–Trinajstić information content (AvgIpc) is 2.25. The van der Waals surface area contributed by atoms with Gasteiger partial charge < -0.3 is 4.74 Å². The van der Waals surface area contributed by atoms with E-state index in [-0.39, 0.29) is 11.3 Å². The highest BCUT2D eigenvalue weighted by Gasteiger charge is 2.30. The molecule has 0 saturated carbocycles. The fourth-order valence-electron chi connectivity index (χ4n) is 1.15. The summed E-state index contributed by atoms with van der Waals surface area (Å²) in [6, 6.07) is 6.56. The molecule has 1 aromatic carbocycles. The summed E-state index contributed by atoms with van der Waals surface area (Å²) in [6.45, 7) is 1.23. The van der Waals surface area contributed by atoms with E-state index in [2.05, 4.69) is 4.74 Å². The lowest BCUT2D eigenvalue weighted by Crippen LogP contribution is -2.16. The van der Waals surface area contributed by atoms with E-state index in [1.807, 2.05) is 0 Å². The fraction of sp³-hybridized carbons (Fsp3) is 0.167. The zero-order valence-electron chi connectivity index (χ0n) is 9.28. The second-order valence-electron chi connectivity index (χ2n) is 3.34. The quantitative estimate of drug-likeness (QED) is 0.616. The number of hydrogen-bond acceptors (Lipinski definition) is 3. The minimum Gasteiger partial charge on any atom is -0.406 e. The van der Waals surface area contributed by atoms with E-state index < -0.39 is 12.1 Å². The molecular weight excluding hydrogens is 247 g/mol. The summed E-state index contributed by atoms with van der Waals surface area (Å²) in [4.78, 5) is 11.0. The Morgan fingerprint density at radius 2 is 1.89 bits per heavy atom. The van der Waals surface area contributed by atoms with E-state index in [1.54, 1.807) is 6.07 Å². The first-order chi connectivity index (χ1) is 8.31. The largest absolute Gasteiger partial charge is 0.573 e. The van der Waals surface area contributed by atoms with Crippen molar-refractivity contribution in [3.63, 3.8) is 0 Å². The Kier molecular flexibility index (Phi) is 4.10. The molecule has 94 valence electrons. The first kappa shape index (κ1) is 13.8. The number of Topliss-reactive ketones (excluding diaryl/α,β-unsaturated/α-hetero) is 1. The molecule has 18 heavy (non-hydrogen) atoms. The summed E-state index contributed by atoms with van der Waals surface area (Å²) in [5, 5.41) is 8.65. The molecule has 0 bridgehead atoms. The lowest BCUT2D eigenvalue weighted by Gasteiger charge is -2.08. The SMILES string of the molecule is CC(=O)/C(C#N)=C/c1ccc(OC(F)(F)F)cc1. The molecular formula is C12H8F3NO2. The van der Waals surface area contributed by atoms with Crippen molar-refractivity contribution in [2.45, 2.75) is 13.3 Å². The third-order valence-corrected chi connectivity index (χ3v) is 1.92. The monoisotopic (exact) mass is 255 g/mol. The van der Waals surface area contributed by atoms with Crippen molar-refractivity contribution >= 4 is 11.9 Å². The number of alkyl halides is 3. The van der Waals surface area contributed by atoms with Crippen LogP contribution in [-0.2, 0) is 4.79 Å². The van der Waals surface area contributed by atoms with Gasteiger partial charge in [-0.1, -0.05) is 12.1 Å². The first-order valence-electron chi connectivity index (χ1n) is 4.80. The van der Waals surface area contributed by atoms with Crippen molar-refractivity contribution in [1.82, 2.24) is 0 Å². The van der Waals surface area contributed by atoms with Crippen molar-refractivity contribution in [3.8, 4) is 11.8 Å². The first-order valence-corrected chi connectivity index (χ1v) is 4.80. The van der Waals surface area contributed by atoms with Crippen LogP contribution in [0.2, 0.25) is 0 Å². The topological polar surface area (TPSA) is 50.1 Å². The Bertz CT molecular complexity index is 510. The molecule has 0 heterocycles. The van der Waals surface area contributed by atoms with Crippen LogP contribution in [0.3, 0.4) is 0 Å². The second-order valence-corrected chi connectivity index (χ2v) is 3.34. The van der Waals surface area contributed by atoms with E-state index in [9.17, 15) is 18.0 Å². The van der Waals surface area contributed by atoms with E-state index in [0.717, 1.165) is 12.1 Å². The van der Waals surface area contributed by atoms with Gasteiger partial charge in [-0.2, -0.15) is 5.26 Å². The Morgan fingerprint density at radius 1 is 1.33 bits per heavy atom. The Hall–Kier alpha value is -2.29. The maximum Gasteiger partial charge on any atom is 0.573 e. The molecule has 0 fully saturated rings. The number of hydrogen-bond donors (Lipinski definition) is 0. The van der Waals surface area contributed by atoms with E-state index in [0.29, 0.717) is 5.56 Å². The Balaban J connectivity index is 2.91. The normalized spacial score (nSPS) is 11.8. The molecule has 0 atom stereocenters. The predicted molar refractivity (Wildman–Crippen MR) is 57.4 cm³/mol. The molecule has 0 unspecified atom stereocenters. The molecule has 0 saturated heterocycles. The molecule has 0 aliphatic rings. The van der Waals surface area contributed by atoms with Crippen LogP contribution >= 0.6 is 0 Å². The number of benzene rings is 1. The Morgan fingerprint density at radius 3 is 2.28 bits per heavy atom. The zero-order valence-corrected chi connectivity index (χ0v) is 9.28. The molecule has 0 aromatic heterocycles. The maximum absolute atomic E-state index is 11.9. The van der Waals surface area contributed by atoms with Gasteiger partial charge in [-0.15, -0.1) is 13.2 Å². The molecule has 1 aromatic rings. The van der Waals surface area contributed by atoms with Crippen molar-refractivity contribution in [2.24, 2.45) is 0 Å². The van der Waals surface area contributed by atoms with Gasteiger partial charge in [0.2, 0.25) is 0 Å². The van der Waals surface area contributed by atoms with Crippen molar-refractivity contribution in [2.75, 3.05) is 0 Å². The number of ether oxygens (including phenoxy) is 1. The van der Waals surface area contributed by atoms with Crippen LogP contribution in [0.15, 0.2) is 29.8 Å². The van der Waals surface area contributed by atoms with Crippen LogP contribution in [0, 0.1) is 11.3 Å². The average molecular weight is 255 g/mol. The molecule has 0 N–H and O–H groups in total. The van der Waals surface area contributed by atoms with Gasteiger partial charge >= 0.3 is 6.36 Å². The number of nitrogens with zero attached hydrogens (tertiary/aromatic N) is 1. The highest BCUT2D eigenvalue weighted by atomic mass is 19.4. The molecule has 6 heteroatoms. The third-order valence-electron chi connectivity index (χ3n) is 1.92. The van der Waals surface area contributed by atoms with Crippen LogP contribution in [0.4, 0.5) is 13.2 Å². The number of ketones is 1. The predicted octanol–water partition coefficient (Wildman–Crippen LogP) is 3.08. The highest BCUT2D eigenvalue weighted by molar-refractivity contribution is 6.01. The van der Waals surface area contributed by atoms with Crippen LogP contribution < -0.4 is 4.74 Å². The Labute approximate surface area is 101 Å². The summed E-state index contributed by atoms with van der Waals surface area (Å²) < 4.78 is 39.4. The number of allylic oxidation sites excluding steroid dienone is 1. The molecule has 0 aliphatic carbocycles. The number of carbonyl (C=O) groups is 1. The van der Waals surface area contributed by atoms with Gasteiger partial charge in [-0.25, -0.2) is 0 Å². The third kappa shape index (κ3) is 4.29. The van der Waals surface area contributed by atoms with Gasteiger partial charge in [-0.05, 0) is 30.7 Å². The van der Waals surface area contributed by atoms with Crippen LogP contribution in [0.5, 0.6) is 5.75 Å². The van der Waals surface area contributed by atoms with Gasteiger partial charge in [0.05, 0.1) is 5.57 Å². The lowest BCUT2D eigenvalue weighted by atomic mass is 10.1.